The molecule has 0 bridgehead atoms. The molecule has 0 spiro atoms. The monoisotopic (exact) mass is 220 g/mol. The second-order valence-electron chi connectivity index (χ2n) is 4.45. The van der Waals surface area contributed by atoms with Gasteiger partial charge in [-0.15, -0.1) is 0 Å². The van der Waals surface area contributed by atoms with Gasteiger partial charge < -0.3 is 4.90 Å². The summed E-state index contributed by atoms with van der Waals surface area (Å²) in [6, 6.07) is 8.39. The van der Waals surface area contributed by atoms with E-state index >= 15 is 0 Å². The number of rotatable bonds is 4. The number of nitrogens with zero attached hydrogens (tertiary/aromatic N) is 2. The van der Waals surface area contributed by atoms with Gasteiger partial charge in [0.15, 0.2) is 0 Å². The van der Waals surface area contributed by atoms with Crippen molar-refractivity contribution in [1.82, 2.24) is 9.80 Å². The van der Waals surface area contributed by atoms with Crippen molar-refractivity contribution in [2.24, 2.45) is 0 Å². The highest BCUT2D eigenvalue weighted by Crippen LogP contribution is 2.05. The molecule has 1 aromatic rings. The van der Waals surface area contributed by atoms with Crippen LogP contribution < -0.4 is 0 Å². The lowest BCUT2D eigenvalue weighted by molar-refractivity contribution is -0.129. The molecule has 1 aromatic carbocycles. The number of likely N-dealkylation sites (N-methyl/N-ethyl adjacent to an activating group) is 2. The van der Waals surface area contributed by atoms with E-state index in [0.29, 0.717) is 6.54 Å². The molecule has 0 atom stereocenters. The summed E-state index contributed by atoms with van der Waals surface area (Å²) in [6.45, 7) is 3.34. The van der Waals surface area contributed by atoms with Crippen LogP contribution in [0.3, 0.4) is 0 Å². The van der Waals surface area contributed by atoms with E-state index in [1.807, 2.05) is 11.9 Å². The van der Waals surface area contributed by atoms with Gasteiger partial charge in [-0.3, -0.25) is 9.69 Å². The van der Waals surface area contributed by atoms with Crippen LogP contribution in [0.5, 0.6) is 0 Å². The highest BCUT2D eigenvalue weighted by atomic mass is 16.2. The molecule has 0 N–H and O–H groups in total. The number of hydrogen-bond donors (Lipinski definition) is 0. The summed E-state index contributed by atoms with van der Waals surface area (Å²) in [5, 5.41) is 0. The lowest BCUT2D eigenvalue weighted by Crippen LogP contribution is -2.34. The summed E-state index contributed by atoms with van der Waals surface area (Å²) in [5.41, 5.74) is 2.50. The van der Waals surface area contributed by atoms with Crippen molar-refractivity contribution in [2.75, 3.05) is 27.7 Å². The average molecular weight is 220 g/mol. The molecule has 0 aliphatic heterocycles. The van der Waals surface area contributed by atoms with E-state index < -0.39 is 0 Å². The summed E-state index contributed by atoms with van der Waals surface area (Å²) in [6.07, 6.45) is 0. The lowest BCUT2D eigenvalue weighted by Gasteiger charge is -2.18. The summed E-state index contributed by atoms with van der Waals surface area (Å²) in [5.74, 6) is 0.134. The van der Waals surface area contributed by atoms with Crippen molar-refractivity contribution in [3.63, 3.8) is 0 Å². The zero-order valence-electron chi connectivity index (χ0n) is 10.5. The zero-order chi connectivity index (χ0) is 12.1. The van der Waals surface area contributed by atoms with Crippen LogP contribution in [0.15, 0.2) is 24.3 Å². The van der Waals surface area contributed by atoms with Crippen LogP contribution in [-0.2, 0) is 11.3 Å². The number of benzene rings is 1. The molecule has 0 saturated heterocycles. The van der Waals surface area contributed by atoms with Gasteiger partial charge in [-0.25, -0.2) is 0 Å². The van der Waals surface area contributed by atoms with Gasteiger partial charge in [-0.05, 0) is 19.5 Å². The van der Waals surface area contributed by atoms with Gasteiger partial charge in [-0.2, -0.15) is 0 Å². The maximum Gasteiger partial charge on any atom is 0.236 e. The van der Waals surface area contributed by atoms with Gasteiger partial charge in [0.2, 0.25) is 5.91 Å². The van der Waals surface area contributed by atoms with Crippen molar-refractivity contribution >= 4 is 5.91 Å². The Balaban J connectivity index is 2.48. The largest absolute Gasteiger partial charge is 0.348 e. The fraction of sp³-hybridized carbons (Fsp3) is 0.462. The molecule has 1 amide bonds. The average Bonchev–Trinajstić information content (AvgIpc) is 2.21. The van der Waals surface area contributed by atoms with Gasteiger partial charge >= 0.3 is 0 Å². The maximum atomic E-state index is 11.5. The first-order valence-electron chi connectivity index (χ1n) is 5.43. The molecule has 0 radical (unpaired) electrons. The number of carbonyl (C=O) groups excluding carboxylic acids is 1. The van der Waals surface area contributed by atoms with Crippen LogP contribution in [0.25, 0.3) is 0 Å². The Bertz CT molecular complexity index is 343. The molecule has 0 aliphatic carbocycles. The second kappa shape index (κ2) is 5.66. The fourth-order valence-electron chi connectivity index (χ4n) is 1.43. The molecule has 3 heteroatoms. The molecule has 88 valence electrons. The van der Waals surface area contributed by atoms with Crippen molar-refractivity contribution in [2.45, 2.75) is 13.5 Å². The lowest BCUT2D eigenvalue weighted by atomic mass is 10.1. The number of carbonyl (C=O) groups is 1. The smallest absolute Gasteiger partial charge is 0.236 e. The minimum atomic E-state index is 0.134. The normalized spacial score (nSPS) is 10.6. The standard InChI is InChI=1S/C13H20N2O/c1-11-5-7-12(8-6-11)9-15(4)10-13(16)14(2)3/h5-8H,9-10H2,1-4H3. The van der Waals surface area contributed by atoms with E-state index in [9.17, 15) is 4.79 Å². The number of aryl methyl sites for hydroxylation is 1. The van der Waals surface area contributed by atoms with E-state index in [4.69, 9.17) is 0 Å². The van der Waals surface area contributed by atoms with Crippen LogP contribution in [0.1, 0.15) is 11.1 Å². The predicted molar refractivity (Wildman–Crippen MR) is 66.2 cm³/mol. The third-order valence-electron chi connectivity index (χ3n) is 2.48. The van der Waals surface area contributed by atoms with Crippen molar-refractivity contribution < 1.29 is 4.79 Å². The number of amides is 1. The quantitative estimate of drug-likeness (QED) is 0.768. The van der Waals surface area contributed by atoms with Gasteiger partial charge in [0.1, 0.15) is 0 Å². The molecular weight excluding hydrogens is 200 g/mol. The molecule has 0 unspecified atom stereocenters. The Kier molecular flexibility index (Phi) is 4.50. The van der Waals surface area contributed by atoms with Crippen LogP contribution in [0, 0.1) is 6.92 Å². The molecule has 0 saturated carbocycles. The van der Waals surface area contributed by atoms with Crippen molar-refractivity contribution in [1.29, 1.82) is 0 Å². The first kappa shape index (κ1) is 12.7. The molecule has 0 aromatic heterocycles. The highest BCUT2D eigenvalue weighted by Gasteiger charge is 2.08. The van der Waals surface area contributed by atoms with Crippen LogP contribution in [-0.4, -0.2) is 43.4 Å². The van der Waals surface area contributed by atoms with Gasteiger partial charge in [-0.1, -0.05) is 29.8 Å². The molecule has 16 heavy (non-hydrogen) atoms. The van der Waals surface area contributed by atoms with E-state index in [2.05, 4.69) is 31.2 Å². The van der Waals surface area contributed by atoms with Crippen LogP contribution >= 0.6 is 0 Å². The van der Waals surface area contributed by atoms with Crippen LogP contribution in [0.2, 0.25) is 0 Å². The third-order valence-corrected chi connectivity index (χ3v) is 2.48. The second-order valence-corrected chi connectivity index (χ2v) is 4.45. The minimum absolute atomic E-state index is 0.134. The third kappa shape index (κ3) is 4.03. The first-order valence-corrected chi connectivity index (χ1v) is 5.43. The van der Waals surface area contributed by atoms with E-state index in [-0.39, 0.29) is 5.91 Å². The van der Waals surface area contributed by atoms with Gasteiger partial charge in [0.05, 0.1) is 6.54 Å². The predicted octanol–water partition coefficient (Wildman–Crippen LogP) is 1.52. The Labute approximate surface area is 97.7 Å². The van der Waals surface area contributed by atoms with Crippen LogP contribution in [0.4, 0.5) is 0 Å². The van der Waals surface area contributed by atoms with Gasteiger partial charge in [0.25, 0.3) is 0 Å². The molecule has 0 heterocycles. The molecule has 3 nitrogen and oxygen atoms in total. The Morgan fingerprint density at radius 1 is 1.12 bits per heavy atom. The first-order chi connectivity index (χ1) is 7.49. The summed E-state index contributed by atoms with van der Waals surface area (Å²) >= 11 is 0. The fourth-order valence-corrected chi connectivity index (χ4v) is 1.43. The van der Waals surface area contributed by atoms with Crippen molar-refractivity contribution in [3.8, 4) is 0 Å². The van der Waals surface area contributed by atoms with Crippen molar-refractivity contribution in [3.05, 3.63) is 35.4 Å². The highest BCUT2D eigenvalue weighted by molar-refractivity contribution is 5.77. The summed E-state index contributed by atoms with van der Waals surface area (Å²) < 4.78 is 0. The van der Waals surface area contributed by atoms with Gasteiger partial charge in [0, 0.05) is 20.6 Å². The molecule has 0 fully saturated rings. The van der Waals surface area contributed by atoms with E-state index in [1.165, 1.54) is 11.1 Å². The Morgan fingerprint density at radius 3 is 2.19 bits per heavy atom. The van der Waals surface area contributed by atoms with E-state index in [1.54, 1.807) is 19.0 Å². The Hall–Kier alpha value is -1.35. The summed E-state index contributed by atoms with van der Waals surface area (Å²) in [4.78, 5) is 15.1. The number of hydrogen-bond acceptors (Lipinski definition) is 2. The molecule has 0 aliphatic rings. The topological polar surface area (TPSA) is 23.6 Å². The van der Waals surface area contributed by atoms with E-state index in [0.717, 1.165) is 6.54 Å². The maximum absolute atomic E-state index is 11.5. The zero-order valence-corrected chi connectivity index (χ0v) is 10.5. The molecule has 1 rings (SSSR count). The minimum Gasteiger partial charge on any atom is -0.348 e. The molecular formula is C13H20N2O. The Morgan fingerprint density at radius 2 is 1.69 bits per heavy atom. The summed E-state index contributed by atoms with van der Waals surface area (Å²) in [7, 11) is 5.52. The SMILES string of the molecule is Cc1ccc(CN(C)CC(=O)N(C)C)cc1.